The highest BCUT2D eigenvalue weighted by atomic mass is 35.5. The van der Waals surface area contributed by atoms with E-state index in [0.29, 0.717) is 16.8 Å². The van der Waals surface area contributed by atoms with Gasteiger partial charge in [-0.05, 0) is 18.6 Å². The molecule has 1 unspecified atom stereocenters. The normalized spacial score (nSPS) is 21.3. The van der Waals surface area contributed by atoms with Gasteiger partial charge in [-0.15, -0.1) is 0 Å². The van der Waals surface area contributed by atoms with Gasteiger partial charge in [0.2, 0.25) is 5.96 Å². The quantitative estimate of drug-likeness (QED) is 0.866. The summed E-state index contributed by atoms with van der Waals surface area (Å²) in [6.45, 7) is 2.06. The minimum Gasteiger partial charge on any atom is -0.387 e. The molecule has 0 fully saturated rings. The Morgan fingerprint density at radius 3 is 2.67 bits per heavy atom. The van der Waals surface area contributed by atoms with Crippen LogP contribution in [0.15, 0.2) is 39.2 Å². The van der Waals surface area contributed by atoms with Crippen LogP contribution >= 0.6 is 11.6 Å². The second kappa shape index (κ2) is 6.72. The maximum absolute atomic E-state index is 6.15. The Morgan fingerprint density at radius 1 is 1.29 bits per heavy atom. The number of hydrogen-bond donors (Lipinski definition) is 1. The molecule has 2 N–H and O–H groups in total. The standard InChI is InChI=1S/C15H20ClN5/c1-10-8-9-13(18-12-7-5-4-6-11(12)16)19-15(21(2)3)20-14(10)17/h4-7,10H,8-9H2,1-3H3,(H2,17,18,19,20). The van der Waals surface area contributed by atoms with Crippen LogP contribution in [-0.2, 0) is 0 Å². The smallest absolute Gasteiger partial charge is 0.228 e. The molecule has 0 amide bonds. The lowest BCUT2D eigenvalue weighted by Gasteiger charge is -2.18. The van der Waals surface area contributed by atoms with Crippen molar-refractivity contribution in [1.82, 2.24) is 4.90 Å². The number of benzene rings is 1. The summed E-state index contributed by atoms with van der Waals surface area (Å²) in [7, 11) is 3.77. The number of aliphatic imine (C=N–C) groups is 3. The summed E-state index contributed by atoms with van der Waals surface area (Å²) in [6.07, 6.45) is 1.60. The average molecular weight is 306 g/mol. The van der Waals surface area contributed by atoms with Crippen LogP contribution < -0.4 is 5.73 Å². The molecule has 112 valence electrons. The summed E-state index contributed by atoms with van der Waals surface area (Å²) in [5, 5.41) is 0.615. The highest BCUT2D eigenvalue weighted by Crippen LogP contribution is 2.25. The maximum atomic E-state index is 6.15. The summed E-state index contributed by atoms with van der Waals surface area (Å²) in [5.74, 6) is 2.09. The molecule has 2 rings (SSSR count). The molecule has 0 aromatic heterocycles. The fourth-order valence-electron chi connectivity index (χ4n) is 1.88. The predicted octanol–water partition coefficient (Wildman–Crippen LogP) is 3.07. The Morgan fingerprint density at radius 2 is 2.00 bits per heavy atom. The number of para-hydroxylation sites is 1. The number of halogens is 1. The Labute approximate surface area is 130 Å². The van der Waals surface area contributed by atoms with E-state index in [1.165, 1.54) is 0 Å². The molecule has 1 atom stereocenters. The van der Waals surface area contributed by atoms with Crippen molar-refractivity contribution in [3.05, 3.63) is 29.3 Å². The molecule has 0 bridgehead atoms. The van der Waals surface area contributed by atoms with Crippen molar-refractivity contribution in [2.75, 3.05) is 14.1 Å². The molecule has 5 nitrogen and oxygen atoms in total. The Hall–Kier alpha value is -1.88. The van der Waals surface area contributed by atoms with Gasteiger partial charge in [0, 0.05) is 26.4 Å². The van der Waals surface area contributed by atoms with Crippen molar-refractivity contribution in [1.29, 1.82) is 0 Å². The zero-order valence-corrected chi connectivity index (χ0v) is 13.3. The Balaban J connectivity index is 2.43. The zero-order valence-electron chi connectivity index (χ0n) is 12.5. The van der Waals surface area contributed by atoms with E-state index in [1.807, 2.05) is 43.3 Å². The van der Waals surface area contributed by atoms with Gasteiger partial charge in [-0.1, -0.05) is 30.7 Å². The van der Waals surface area contributed by atoms with Crippen molar-refractivity contribution in [2.45, 2.75) is 19.8 Å². The number of nitrogens with two attached hydrogens (primary N) is 1. The summed E-state index contributed by atoms with van der Waals surface area (Å²) in [5.41, 5.74) is 6.70. The second-order valence-electron chi connectivity index (χ2n) is 5.26. The predicted molar refractivity (Wildman–Crippen MR) is 89.7 cm³/mol. The average Bonchev–Trinajstić information content (AvgIpc) is 2.44. The first-order valence-electron chi connectivity index (χ1n) is 6.89. The van der Waals surface area contributed by atoms with E-state index in [9.17, 15) is 0 Å². The van der Waals surface area contributed by atoms with E-state index in [4.69, 9.17) is 17.3 Å². The van der Waals surface area contributed by atoms with Gasteiger partial charge < -0.3 is 10.6 Å². The fraction of sp³-hybridized carbons (Fsp3) is 0.400. The molecule has 21 heavy (non-hydrogen) atoms. The van der Waals surface area contributed by atoms with Crippen LogP contribution in [0.5, 0.6) is 0 Å². The van der Waals surface area contributed by atoms with Crippen LogP contribution in [0, 0.1) is 5.92 Å². The lowest BCUT2D eigenvalue weighted by molar-refractivity contribution is 0.609. The fourth-order valence-corrected chi connectivity index (χ4v) is 2.06. The summed E-state index contributed by atoms with van der Waals surface area (Å²) >= 11 is 6.15. The van der Waals surface area contributed by atoms with Crippen LogP contribution in [-0.4, -0.2) is 36.6 Å². The van der Waals surface area contributed by atoms with Gasteiger partial charge in [-0.25, -0.2) is 9.98 Å². The summed E-state index contributed by atoms with van der Waals surface area (Å²) in [4.78, 5) is 15.3. The first kappa shape index (κ1) is 15.5. The highest BCUT2D eigenvalue weighted by molar-refractivity contribution is 6.33. The minimum atomic E-state index is 0.201. The molecule has 0 spiro atoms. The number of nitrogens with zero attached hydrogens (tertiary/aromatic N) is 4. The first-order valence-corrected chi connectivity index (χ1v) is 7.27. The van der Waals surface area contributed by atoms with Gasteiger partial charge in [0.05, 0.1) is 10.7 Å². The van der Waals surface area contributed by atoms with Crippen molar-refractivity contribution in [3.8, 4) is 0 Å². The Kier molecular flexibility index (Phi) is 4.96. The molecule has 0 saturated carbocycles. The third kappa shape index (κ3) is 4.04. The van der Waals surface area contributed by atoms with Crippen molar-refractivity contribution < 1.29 is 0 Å². The minimum absolute atomic E-state index is 0.201. The van der Waals surface area contributed by atoms with Gasteiger partial charge in [-0.3, -0.25) is 0 Å². The van der Waals surface area contributed by atoms with Gasteiger partial charge in [0.1, 0.15) is 11.7 Å². The van der Waals surface area contributed by atoms with Gasteiger partial charge in [0.15, 0.2) is 0 Å². The van der Waals surface area contributed by atoms with Gasteiger partial charge >= 0.3 is 0 Å². The summed E-state index contributed by atoms with van der Waals surface area (Å²) < 4.78 is 0. The van der Waals surface area contributed by atoms with E-state index in [2.05, 4.69) is 21.9 Å². The van der Waals surface area contributed by atoms with E-state index >= 15 is 0 Å². The monoisotopic (exact) mass is 305 g/mol. The third-order valence-corrected chi connectivity index (χ3v) is 3.59. The lowest BCUT2D eigenvalue weighted by Crippen LogP contribution is -2.30. The SMILES string of the molecule is CC1CCC(=Nc2ccccc2Cl)N=C(N(C)C)N=C1N. The molecule has 1 aromatic carbocycles. The van der Waals surface area contributed by atoms with Crippen molar-refractivity contribution in [3.63, 3.8) is 0 Å². The summed E-state index contributed by atoms with van der Waals surface area (Å²) in [6, 6.07) is 7.48. The molecular formula is C15H20ClN5. The van der Waals surface area contributed by atoms with Crippen LogP contribution in [0.1, 0.15) is 19.8 Å². The number of guanidine groups is 1. The molecule has 6 heteroatoms. The van der Waals surface area contributed by atoms with E-state index in [1.54, 1.807) is 0 Å². The van der Waals surface area contributed by atoms with Crippen molar-refractivity contribution >= 4 is 34.9 Å². The Bertz CT molecular complexity index is 604. The molecule has 1 heterocycles. The second-order valence-corrected chi connectivity index (χ2v) is 5.67. The van der Waals surface area contributed by atoms with Crippen LogP contribution in [0.25, 0.3) is 0 Å². The molecule has 1 aromatic rings. The molecule has 1 aliphatic heterocycles. The van der Waals surface area contributed by atoms with Crippen molar-refractivity contribution in [2.24, 2.45) is 26.6 Å². The van der Waals surface area contributed by atoms with E-state index in [-0.39, 0.29) is 5.92 Å². The number of rotatable bonds is 1. The van der Waals surface area contributed by atoms with E-state index < -0.39 is 0 Å². The molecule has 1 aliphatic rings. The molecule has 0 saturated heterocycles. The van der Waals surface area contributed by atoms with Crippen LogP contribution in [0.2, 0.25) is 5.02 Å². The largest absolute Gasteiger partial charge is 0.387 e. The van der Waals surface area contributed by atoms with Crippen LogP contribution in [0.3, 0.4) is 0 Å². The zero-order chi connectivity index (χ0) is 15.4. The molecule has 0 aliphatic carbocycles. The molecule has 0 radical (unpaired) electrons. The highest BCUT2D eigenvalue weighted by Gasteiger charge is 2.15. The van der Waals surface area contributed by atoms with Crippen LogP contribution in [0.4, 0.5) is 5.69 Å². The number of hydrogen-bond acceptors (Lipinski definition) is 4. The van der Waals surface area contributed by atoms with E-state index in [0.717, 1.165) is 24.4 Å². The number of amidine groups is 2. The third-order valence-electron chi connectivity index (χ3n) is 3.27. The topological polar surface area (TPSA) is 66.3 Å². The van der Waals surface area contributed by atoms with Gasteiger partial charge in [-0.2, -0.15) is 4.99 Å². The lowest BCUT2D eigenvalue weighted by atomic mass is 10.0. The first-order chi connectivity index (χ1) is 9.97. The molecular weight excluding hydrogens is 286 g/mol. The van der Waals surface area contributed by atoms with Gasteiger partial charge in [0.25, 0.3) is 0 Å². The maximum Gasteiger partial charge on any atom is 0.228 e.